The SMILES string of the molecule is CCCCCCCCCCCCCC(=O)OC[C@H](COP(=O)([O-])OCC[N+](C)(C)C)OC(=O)CCC/C=C\C/C=C\C/C=C\C/C=C\C=C\[C@H](O)CC. The normalized spacial score (nSPS) is 14.9. The molecule has 0 saturated carbocycles. The summed E-state index contributed by atoms with van der Waals surface area (Å²) in [6, 6.07) is 0. The number of aliphatic hydroxyl groups excluding tert-OH is 1. The van der Waals surface area contributed by atoms with Gasteiger partial charge in [0.1, 0.15) is 19.8 Å². The minimum Gasteiger partial charge on any atom is -0.756 e. The zero-order valence-corrected chi connectivity index (χ0v) is 34.7. The molecule has 0 aliphatic rings. The molecule has 0 aliphatic carbocycles. The predicted octanol–water partition coefficient (Wildman–Crippen LogP) is 9.24. The number of ether oxygens (including phenoxy) is 2. The maximum Gasteiger partial charge on any atom is 0.306 e. The maximum atomic E-state index is 12.6. The molecule has 0 aromatic heterocycles. The van der Waals surface area contributed by atoms with Crippen LogP contribution in [0.4, 0.5) is 0 Å². The first kappa shape index (κ1) is 50.7. The van der Waals surface area contributed by atoms with E-state index in [1.54, 1.807) is 6.08 Å². The first-order valence-electron chi connectivity index (χ1n) is 20.1. The summed E-state index contributed by atoms with van der Waals surface area (Å²) in [6.45, 7) is 3.78. The Hall–Kier alpha value is -2.33. The number of hydrogen-bond acceptors (Lipinski definition) is 9. The molecule has 11 heteroatoms. The lowest BCUT2D eigenvalue weighted by molar-refractivity contribution is -0.870. The van der Waals surface area contributed by atoms with Crippen molar-refractivity contribution in [1.29, 1.82) is 0 Å². The van der Waals surface area contributed by atoms with Crippen molar-refractivity contribution >= 4 is 19.8 Å². The van der Waals surface area contributed by atoms with Crippen molar-refractivity contribution < 1.29 is 47.2 Å². The summed E-state index contributed by atoms with van der Waals surface area (Å²) in [7, 11) is 1.10. The molecule has 0 spiro atoms. The highest BCUT2D eigenvalue weighted by molar-refractivity contribution is 7.45. The summed E-state index contributed by atoms with van der Waals surface area (Å²) >= 11 is 0. The Labute approximate surface area is 322 Å². The van der Waals surface area contributed by atoms with Gasteiger partial charge in [0.25, 0.3) is 7.82 Å². The average Bonchev–Trinajstić information content (AvgIpc) is 3.10. The standard InChI is InChI=1S/C42H74NO9P/c1-6-8-9-10-11-12-17-21-24-27-30-33-41(45)49-37-40(38-51-53(47,48)50-36-35-43(3,4)5)52-42(46)34-31-28-25-22-19-16-14-13-15-18-20-23-26-29-32-39(44)7-2/h14-16,18,22-23,25-26,29,32,39-40,44H,6-13,17,19-21,24,27-28,30-31,33-38H2,1-5H3/b16-14-,18-15-,25-22-,26-23-,32-29+/t39-,40-/m1/s1. The van der Waals surface area contributed by atoms with Gasteiger partial charge in [-0.25, -0.2) is 0 Å². The van der Waals surface area contributed by atoms with E-state index in [2.05, 4.69) is 31.2 Å². The fourth-order valence-corrected chi connectivity index (χ4v) is 5.60. The number of quaternary nitrogens is 1. The van der Waals surface area contributed by atoms with Crippen molar-refractivity contribution in [3.63, 3.8) is 0 Å². The maximum absolute atomic E-state index is 12.6. The van der Waals surface area contributed by atoms with Gasteiger partial charge in [-0.1, -0.05) is 139 Å². The molecule has 0 aromatic rings. The number of nitrogens with zero attached hydrogens (tertiary/aromatic N) is 1. The van der Waals surface area contributed by atoms with E-state index in [1.807, 2.05) is 58.4 Å². The molecule has 0 rings (SSSR count). The largest absolute Gasteiger partial charge is 0.756 e. The number of rotatable bonds is 35. The fraction of sp³-hybridized carbons (Fsp3) is 0.714. The van der Waals surface area contributed by atoms with Gasteiger partial charge in [-0.3, -0.25) is 14.2 Å². The number of phosphoric acid groups is 1. The van der Waals surface area contributed by atoms with Gasteiger partial charge in [0, 0.05) is 12.8 Å². The molecule has 0 heterocycles. The third kappa shape index (κ3) is 37.8. The zero-order valence-electron chi connectivity index (χ0n) is 33.8. The Kier molecular flexibility index (Phi) is 32.7. The van der Waals surface area contributed by atoms with Crippen molar-refractivity contribution in [2.45, 2.75) is 148 Å². The summed E-state index contributed by atoms with van der Waals surface area (Å²) in [5, 5.41) is 9.47. The molecule has 1 unspecified atom stereocenters. The van der Waals surface area contributed by atoms with E-state index in [0.29, 0.717) is 30.3 Å². The molecule has 0 bridgehead atoms. The van der Waals surface area contributed by atoms with Gasteiger partial charge in [0.15, 0.2) is 6.10 Å². The first-order valence-corrected chi connectivity index (χ1v) is 21.6. The summed E-state index contributed by atoms with van der Waals surface area (Å²) in [6.07, 6.45) is 36.4. The molecular weight excluding hydrogens is 693 g/mol. The van der Waals surface area contributed by atoms with Crippen molar-refractivity contribution in [3.05, 3.63) is 60.8 Å². The van der Waals surface area contributed by atoms with Gasteiger partial charge in [-0.2, -0.15) is 0 Å². The van der Waals surface area contributed by atoms with Crippen LogP contribution in [0.2, 0.25) is 0 Å². The molecule has 0 amide bonds. The summed E-state index contributed by atoms with van der Waals surface area (Å²) in [5.74, 6) is -0.928. The molecule has 0 aromatic carbocycles. The number of phosphoric ester groups is 1. The molecule has 0 saturated heterocycles. The second kappa shape index (κ2) is 34.2. The summed E-state index contributed by atoms with van der Waals surface area (Å²) in [5.41, 5.74) is 0. The number of aliphatic hydroxyl groups is 1. The van der Waals surface area contributed by atoms with Gasteiger partial charge in [-0.05, 0) is 44.9 Å². The minimum absolute atomic E-state index is 0.0497. The molecular formula is C42H74NO9P. The van der Waals surface area contributed by atoms with E-state index in [9.17, 15) is 24.2 Å². The number of allylic oxidation sites excluding steroid dienone is 9. The van der Waals surface area contributed by atoms with Crippen LogP contribution >= 0.6 is 7.82 Å². The van der Waals surface area contributed by atoms with E-state index in [1.165, 1.54) is 51.4 Å². The summed E-state index contributed by atoms with van der Waals surface area (Å²) < 4.78 is 33.7. The number of carbonyl (C=O) groups is 2. The smallest absolute Gasteiger partial charge is 0.306 e. The van der Waals surface area contributed by atoms with Gasteiger partial charge >= 0.3 is 11.9 Å². The van der Waals surface area contributed by atoms with Crippen molar-refractivity contribution in [2.24, 2.45) is 0 Å². The lowest BCUT2D eigenvalue weighted by Gasteiger charge is -2.28. The monoisotopic (exact) mass is 768 g/mol. The zero-order chi connectivity index (χ0) is 39.5. The van der Waals surface area contributed by atoms with Gasteiger partial charge in [-0.15, -0.1) is 0 Å². The second-order valence-electron chi connectivity index (χ2n) is 14.5. The van der Waals surface area contributed by atoms with Gasteiger partial charge in [0.05, 0.1) is 33.9 Å². The summed E-state index contributed by atoms with van der Waals surface area (Å²) in [4.78, 5) is 37.3. The van der Waals surface area contributed by atoms with E-state index in [4.69, 9.17) is 18.5 Å². The Morgan fingerprint density at radius 1 is 0.698 bits per heavy atom. The van der Waals surface area contributed by atoms with Crippen molar-refractivity contribution in [3.8, 4) is 0 Å². The van der Waals surface area contributed by atoms with E-state index in [0.717, 1.165) is 38.5 Å². The number of hydrogen-bond donors (Lipinski definition) is 1. The Balaban J connectivity index is 4.54. The van der Waals surface area contributed by atoms with E-state index >= 15 is 0 Å². The molecule has 53 heavy (non-hydrogen) atoms. The highest BCUT2D eigenvalue weighted by atomic mass is 31.2. The molecule has 0 fully saturated rings. The first-order chi connectivity index (χ1) is 25.4. The van der Waals surface area contributed by atoms with Crippen LogP contribution in [-0.2, 0) is 32.7 Å². The van der Waals surface area contributed by atoms with Crippen LogP contribution in [-0.4, -0.2) is 81.2 Å². The average molecular weight is 768 g/mol. The highest BCUT2D eigenvalue weighted by Gasteiger charge is 2.21. The third-order valence-corrected chi connectivity index (χ3v) is 9.17. The molecule has 3 atom stereocenters. The van der Waals surface area contributed by atoms with Crippen LogP contribution in [0, 0.1) is 0 Å². The molecule has 1 N–H and O–H groups in total. The number of unbranched alkanes of at least 4 members (excludes halogenated alkanes) is 11. The van der Waals surface area contributed by atoms with Crippen molar-refractivity contribution in [1.82, 2.24) is 0 Å². The van der Waals surface area contributed by atoms with Crippen LogP contribution in [0.5, 0.6) is 0 Å². The predicted molar refractivity (Wildman–Crippen MR) is 214 cm³/mol. The second-order valence-corrected chi connectivity index (χ2v) is 15.9. The van der Waals surface area contributed by atoms with Gasteiger partial charge in [0.2, 0.25) is 0 Å². The topological polar surface area (TPSA) is 131 Å². The molecule has 10 nitrogen and oxygen atoms in total. The van der Waals surface area contributed by atoms with Gasteiger partial charge < -0.3 is 33.0 Å². The molecule has 306 valence electrons. The third-order valence-electron chi connectivity index (χ3n) is 8.21. The Morgan fingerprint density at radius 3 is 1.83 bits per heavy atom. The van der Waals surface area contributed by atoms with Crippen molar-refractivity contribution in [2.75, 3.05) is 47.5 Å². The quantitative estimate of drug-likeness (QED) is 0.0167. The number of likely N-dealkylation sites (N-methyl/N-ethyl adjacent to an activating group) is 1. The van der Waals surface area contributed by atoms with Crippen LogP contribution in [0.25, 0.3) is 0 Å². The van der Waals surface area contributed by atoms with Crippen LogP contribution < -0.4 is 4.89 Å². The van der Waals surface area contributed by atoms with Crippen LogP contribution in [0.1, 0.15) is 136 Å². The minimum atomic E-state index is -4.64. The molecule has 0 aliphatic heterocycles. The Morgan fingerprint density at radius 2 is 1.25 bits per heavy atom. The highest BCUT2D eigenvalue weighted by Crippen LogP contribution is 2.38. The number of esters is 2. The van der Waals surface area contributed by atoms with E-state index < -0.39 is 32.5 Å². The molecule has 0 radical (unpaired) electrons. The van der Waals surface area contributed by atoms with E-state index in [-0.39, 0.29) is 32.2 Å². The fourth-order valence-electron chi connectivity index (χ4n) is 4.88. The number of carbonyl (C=O) groups excluding carboxylic acids is 2. The van der Waals surface area contributed by atoms with Crippen LogP contribution in [0.15, 0.2) is 60.8 Å². The lowest BCUT2D eigenvalue weighted by atomic mass is 10.1. The Bertz CT molecular complexity index is 1110. The lowest BCUT2D eigenvalue weighted by Crippen LogP contribution is -2.37. The van der Waals surface area contributed by atoms with Crippen LogP contribution in [0.3, 0.4) is 0 Å².